The van der Waals surface area contributed by atoms with Gasteiger partial charge in [0.1, 0.15) is 0 Å². The van der Waals surface area contributed by atoms with Gasteiger partial charge >= 0.3 is 0 Å². The normalized spacial score (nSPS) is 29.5. The van der Waals surface area contributed by atoms with Crippen LogP contribution in [0.25, 0.3) is 0 Å². The summed E-state index contributed by atoms with van der Waals surface area (Å²) >= 11 is 0. The average Bonchev–Trinajstić information content (AvgIpc) is 2.58. The molecule has 0 unspecified atom stereocenters. The van der Waals surface area contributed by atoms with Gasteiger partial charge in [0.05, 0.1) is 13.2 Å². The zero-order chi connectivity index (χ0) is 7.52. The first kappa shape index (κ1) is 7.49. The Labute approximate surface area is 66.9 Å². The van der Waals surface area contributed by atoms with E-state index in [4.69, 9.17) is 4.74 Å². The highest BCUT2D eigenvalue weighted by Gasteiger charge is 2.23. The molecule has 0 aromatic carbocycles. The molecule has 11 heavy (non-hydrogen) atoms. The minimum atomic E-state index is 0.680. The molecule has 0 aromatic rings. The molecule has 0 spiro atoms. The van der Waals surface area contributed by atoms with Crippen LogP contribution in [0.15, 0.2) is 0 Å². The largest absolute Gasteiger partial charge is 0.379 e. The Hall–Kier alpha value is -0.160. The average molecular weight is 157 g/mol. The number of hydrogen-bond donors (Lipinski definition) is 2. The lowest BCUT2D eigenvalue weighted by atomic mass is 10.2. The molecule has 4 heteroatoms. The molecule has 2 aliphatic rings. The van der Waals surface area contributed by atoms with Crippen molar-refractivity contribution in [2.24, 2.45) is 0 Å². The van der Waals surface area contributed by atoms with Gasteiger partial charge in [0.15, 0.2) is 0 Å². The molecule has 0 amide bonds. The zero-order valence-corrected chi connectivity index (χ0v) is 6.68. The van der Waals surface area contributed by atoms with Crippen molar-refractivity contribution in [2.75, 3.05) is 39.4 Å². The van der Waals surface area contributed by atoms with Gasteiger partial charge in [-0.3, -0.25) is 15.8 Å². The minimum absolute atomic E-state index is 0.680. The number of nitrogens with one attached hydrogen (secondary N) is 2. The summed E-state index contributed by atoms with van der Waals surface area (Å²) in [6.07, 6.45) is 0. The van der Waals surface area contributed by atoms with E-state index in [1.807, 2.05) is 0 Å². The van der Waals surface area contributed by atoms with Crippen LogP contribution in [0.1, 0.15) is 0 Å². The second-order valence-corrected chi connectivity index (χ2v) is 3.06. The molecule has 2 rings (SSSR count). The standard InChI is InChI=1S/C7H15N3O/c1-3-11-4-2-10(1)7-5-8-9-6-7/h7-9H,1-6H2. The van der Waals surface area contributed by atoms with Crippen molar-refractivity contribution < 1.29 is 4.74 Å². The Morgan fingerprint density at radius 3 is 2.36 bits per heavy atom. The summed E-state index contributed by atoms with van der Waals surface area (Å²) in [6.45, 7) is 6.12. The topological polar surface area (TPSA) is 36.5 Å². The lowest BCUT2D eigenvalue weighted by Crippen LogP contribution is -2.45. The van der Waals surface area contributed by atoms with E-state index < -0.39 is 0 Å². The third kappa shape index (κ3) is 1.70. The number of nitrogens with zero attached hydrogens (tertiary/aromatic N) is 1. The van der Waals surface area contributed by atoms with Crippen LogP contribution in [0.5, 0.6) is 0 Å². The fraction of sp³-hybridized carbons (Fsp3) is 1.00. The Morgan fingerprint density at radius 2 is 1.73 bits per heavy atom. The summed E-state index contributed by atoms with van der Waals surface area (Å²) in [5.41, 5.74) is 6.27. The van der Waals surface area contributed by atoms with Gasteiger partial charge in [-0.15, -0.1) is 0 Å². The van der Waals surface area contributed by atoms with Crippen molar-refractivity contribution in [2.45, 2.75) is 6.04 Å². The van der Waals surface area contributed by atoms with E-state index in [0.29, 0.717) is 6.04 Å². The SMILES string of the molecule is C1CN(C2CNNC2)CCO1. The molecule has 2 N–H and O–H groups in total. The molecular formula is C7H15N3O. The second-order valence-electron chi connectivity index (χ2n) is 3.06. The number of morpholine rings is 1. The Balaban J connectivity index is 1.82. The first-order valence-corrected chi connectivity index (χ1v) is 4.24. The summed E-state index contributed by atoms with van der Waals surface area (Å²) < 4.78 is 5.28. The van der Waals surface area contributed by atoms with E-state index in [1.165, 1.54) is 0 Å². The number of rotatable bonds is 1. The van der Waals surface area contributed by atoms with Gasteiger partial charge < -0.3 is 4.74 Å². The molecule has 2 saturated heterocycles. The minimum Gasteiger partial charge on any atom is -0.379 e. The Kier molecular flexibility index (Phi) is 2.38. The molecule has 0 bridgehead atoms. The first-order chi connectivity index (χ1) is 5.47. The number of hydrazine groups is 1. The Bertz CT molecular complexity index is 119. The van der Waals surface area contributed by atoms with E-state index in [9.17, 15) is 0 Å². The molecule has 0 atom stereocenters. The molecule has 4 nitrogen and oxygen atoms in total. The van der Waals surface area contributed by atoms with Gasteiger partial charge in [-0.05, 0) is 0 Å². The van der Waals surface area contributed by atoms with Gasteiger partial charge in [0.2, 0.25) is 0 Å². The third-order valence-electron chi connectivity index (χ3n) is 2.36. The van der Waals surface area contributed by atoms with E-state index in [1.54, 1.807) is 0 Å². The van der Waals surface area contributed by atoms with E-state index in [2.05, 4.69) is 15.8 Å². The van der Waals surface area contributed by atoms with Crippen molar-refractivity contribution in [1.82, 2.24) is 15.8 Å². The van der Waals surface area contributed by atoms with Gasteiger partial charge in [-0.2, -0.15) is 0 Å². The maximum absolute atomic E-state index is 5.28. The molecule has 2 heterocycles. The van der Waals surface area contributed by atoms with Crippen LogP contribution >= 0.6 is 0 Å². The van der Waals surface area contributed by atoms with Crippen LogP contribution in [0.4, 0.5) is 0 Å². The maximum Gasteiger partial charge on any atom is 0.0594 e. The molecule has 0 saturated carbocycles. The summed E-state index contributed by atoms with van der Waals surface area (Å²) in [7, 11) is 0. The van der Waals surface area contributed by atoms with Crippen molar-refractivity contribution in [3.63, 3.8) is 0 Å². The molecule has 2 fully saturated rings. The van der Waals surface area contributed by atoms with Gasteiger partial charge in [-0.25, -0.2) is 0 Å². The summed E-state index contributed by atoms with van der Waals surface area (Å²) in [6, 6.07) is 0.680. The predicted octanol–water partition coefficient (Wildman–Crippen LogP) is -1.20. The smallest absolute Gasteiger partial charge is 0.0594 e. The van der Waals surface area contributed by atoms with Crippen molar-refractivity contribution in [3.8, 4) is 0 Å². The quantitative estimate of drug-likeness (QED) is 0.501. The summed E-state index contributed by atoms with van der Waals surface area (Å²) in [5.74, 6) is 0. The zero-order valence-electron chi connectivity index (χ0n) is 6.68. The van der Waals surface area contributed by atoms with Gasteiger partial charge in [-0.1, -0.05) is 0 Å². The van der Waals surface area contributed by atoms with Crippen LogP contribution in [0, 0.1) is 0 Å². The number of ether oxygens (including phenoxy) is 1. The summed E-state index contributed by atoms with van der Waals surface area (Å²) in [4.78, 5) is 2.48. The number of hydrogen-bond acceptors (Lipinski definition) is 4. The van der Waals surface area contributed by atoms with E-state index in [0.717, 1.165) is 39.4 Å². The highest BCUT2D eigenvalue weighted by molar-refractivity contribution is 4.80. The van der Waals surface area contributed by atoms with Gasteiger partial charge in [0, 0.05) is 32.2 Å². The van der Waals surface area contributed by atoms with Crippen molar-refractivity contribution >= 4 is 0 Å². The first-order valence-electron chi connectivity index (χ1n) is 4.24. The molecule has 0 radical (unpaired) electrons. The molecular weight excluding hydrogens is 142 g/mol. The lowest BCUT2D eigenvalue weighted by Gasteiger charge is -2.30. The van der Waals surface area contributed by atoms with Crippen LogP contribution in [-0.4, -0.2) is 50.3 Å². The van der Waals surface area contributed by atoms with Gasteiger partial charge in [0.25, 0.3) is 0 Å². The fourth-order valence-corrected chi connectivity index (χ4v) is 1.65. The summed E-state index contributed by atoms with van der Waals surface area (Å²) in [5, 5.41) is 0. The van der Waals surface area contributed by atoms with E-state index in [-0.39, 0.29) is 0 Å². The monoisotopic (exact) mass is 157 g/mol. The van der Waals surface area contributed by atoms with Crippen LogP contribution in [-0.2, 0) is 4.74 Å². The predicted molar refractivity (Wildman–Crippen MR) is 42.2 cm³/mol. The Morgan fingerprint density at radius 1 is 1.09 bits per heavy atom. The highest BCUT2D eigenvalue weighted by atomic mass is 16.5. The van der Waals surface area contributed by atoms with Crippen molar-refractivity contribution in [3.05, 3.63) is 0 Å². The fourth-order valence-electron chi connectivity index (χ4n) is 1.65. The third-order valence-corrected chi connectivity index (χ3v) is 2.36. The maximum atomic E-state index is 5.28. The molecule has 0 aliphatic carbocycles. The second kappa shape index (κ2) is 3.49. The lowest BCUT2D eigenvalue weighted by molar-refractivity contribution is 0.0226. The van der Waals surface area contributed by atoms with Crippen molar-refractivity contribution in [1.29, 1.82) is 0 Å². The molecule has 2 aliphatic heterocycles. The molecule has 0 aromatic heterocycles. The van der Waals surface area contributed by atoms with Crippen LogP contribution < -0.4 is 10.9 Å². The van der Waals surface area contributed by atoms with E-state index >= 15 is 0 Å². The highest BCUT2D eigenvalue weighted by Crippen LogP contribution is 2.04. The molecule has 64 valence electrons. The van der Waals surface area contributed by atoms with Crippen LogP contribution in [0.3, 0.4) is 0 Å². The van der Waals surface area contributed by atoms with Crippen LogP contribution in [0.2, 0.25) is 0 Å².